The number of pyridine rings is 1. The molecule has 2 aromatic carbocycles. The maximum absolute atomic E-state index is 13.8. The van der Waals surface area contributed by atoms with Crippen molar-refractivity contribution in [3.63, 3.8) is 0 Å². The number of amides is 1. The number of hydrogen-bond donors (Lipinski definition) is 1. The van der Waals surface area contributed by atoms with Gasteiger partial charge in [0, 0.05) is 54.3 Å². The van der Waals surface area contributed by atoms with Crippen LogP contribution in [0.15, 0.2) is 59.5 Å². The summed E-state index contributed by atoms with van der Waals surface area (Å²) in [6, 6.07) is 11.3. The zero-order chi connectivity index (χ0) is 30.0. The molecule has 0 spiro atoms. The van der Waals surface area contributed by atoms with E-state index >= 15 is 0 Å². The van der Waals surface area contributed by atoms with Crippen molar-refractivity contribution in [3.05, 3.63) is 92.4 Å². The van der Waals surface area contributed by atoms with Crippen LogP contribution in [0.3, 0.4) is 0 Å². The van der Waals surface area contributed by atoms with Crippen LogP contribution in [0.1, 0.15) is 58.8 Å². The van der Waals surface area contributed by atoms with Gasteiger partial charge in [0.05, 0.1) is 18.8 Å². The fourth-order valence-corrected chi connectivity index (χ4v) is 5.76. The van der Waals surface area contributed by atoms with Crippen LogP contribution in [-0.4, -0.2) is 41.2 Å². The Morgan fingerprint density at radius 3 is 2.43 bits per heavy atom. The van der Waals surface area contributed by atoms with Crippen molar-refractivity contribution in [2.24, 2.45) is 5.73 Å². The molecule has 2 aliphatic rings. The van der Waals surface area contributed by atoms with E-state index in [4.69, 9.17) is 26.8 Å². The van der Waals surface area contributed by atoms with Crippen molar-refractivity contribution >= 4 is 23.3 Å². The Bertz CT molecular complexity index is 1530. The molecule has 3 atom stereocenters. The summed E-state index contributed by atoms with van der Waals surface area (Å²) in [5.41, 5.74) is 7.28. The number of halogens is 4. The average Bonchev–Trinajstić information content (AvgIpc) is 2.94. The third-order valence-electron chi connectivity index (χ3n) is 7.82. The highest BCUT2D eigenvalue weighted by Gasteiger charge is 2.42. The number of nitrogens with zero attached hydrogens (tertiary/aromatic N) is 1. The van der Waals surface area contributed by atoms with E-state index in [2.05, 4.69) is 0 Å². The number of aromatic nitrogens is 1. The lowest BCUT2D eigenvalue weighted by molar-refractivity contribution is -0.223. The minimum Gasteiger partial charge on any atom is -0.378 e. The summed E-state index contributed by atoms with van der Waals surface area (Å²) in [4.78, 5) is 38.8. The van der Waals surface area contributed by atoms with Gasteiger partial charge in [-0.05, 0) is 65.8 Å². The predicted molar refractivity (Wildman–Crippen MR) is 150 cm³/mol. The van der Waals surface area contributed by atoms with Crippen LogP contribution in [0.4, 0.5) is 13.2 Å². The van der Waals surface area contributed by atoms with Gasteiger partial charge >= 0.3 is 6.18 Å². The molecule has 3 aromatic rings. The van der Waals surface area contributed by atoms with Gasteiger partial charge in [0.1, 0.15) is 0 Å². The van der Waals surface area contributed by atoms with Gasteiger partial charge in [-0.3, -0.25) is 14.4 Å². The maximum Gasteiger partial charge on any atom is 0.414 e. The van der Waals surface area contributed by atoms with Gasteiger partial charge in [-0.1, -0.05) is 29.8 Å². The monoisotopic (exact) mass is 602 g/mol. The summed E-state index contributed by atoms with van der Waals surface area (Å²) in [7, 11) is 0. The first-order valence-electron chi connectivity index (χ1n) is 13.7. The number of carbonyl (C=O) groups excluding carboxylic acids is 2. The smallest absolute Gasteiger partial charge is 0.378 e. The van der Waals surface area contributed by atoms with Crippen molar-refractivity contribution in [2.45, 2.75) is 69.6 Å². The van der Waals surface area contributed by atoms with Gasteiger partial charge in [0.2, 0.25) is 5.91 Å². The number of rotatable bonds is 7. The van der Waals surface area contributed by atoms with Crippen LogP contribution in [0, 0.1) is 0 Å². The van der Waals surface area contributed by atoms with Gasteiger partial charge in [-0.15, -0.1) is 0 Å². The average molecular weight is 603 g/mol. The highest BCUT2D eigenvalue weighted by Crippen LogP contribution is 2.37. The standard InChI is InChI=1S/C31H30ClF3N2O5/c32-22-9-8-20-12-28(31(33,34)35)42-17-21-16-37(29(39)15-25(21)24(20)13-22)26(14-23-3-1-2-10-41-23)27(38)11-18-4-6-19(7-5-18)30(36)40/h4-9,13,15-16,23,26,28H,1-3,10-12,14,17H2,(H2,36,40)/t23-,26-,28-/m0/s1. The van der Waals surface area contributed by atoms with Crippen LogP contribution in [0.25, 0.3) is 11.1 Å². The molecule has 5 rings (SSSR count). The summed E-state index contributed by atoms with van der Waals surface area (Å²) in [5, 5.41) is 0.318. The molecule has 0 saturated carbocycles. The lowest BCUT2D eigenvalue weighted by Gasteiger charge is -2.29. The van der Waals surface area contributed by atoms with Crippen molar-refractivity contribution < 1.29 is 32.2 Å². The Morgan fingerprint density at radius 1 is 1.02 bits per heavy atom. The summed E-state index contributed by atoms with van der Waals surface area (Å²) in [6.07, 6.45) is -3.18. The Hall–Kier alpha value is -3.47. The molecule has 3 heterocycles. The Kier molecular flexibility index (Phi) is 8.86. The first-order valence-corrected chi connectivity index (χ1v) is 14.1. The topological polar surface area (TPSA) is 101 Å². The highest BCUT2D eigenvalue weighted by atomic mass is 35.5. The number of fused-ring (bicyclic) bond motifs is 3. The molecule has 7 nitrogen and oxygen atoms in total. The van der Waals surface area contributed by atoms with E-state index < -0.39 is 42.8 Å². The van der Waals surface area contributed by atoms with E-state index in [1.54, 1.807) is 18.2 Å². The molecule has 0 radical (unpaired) electrons. The molecule has 11 heteroatoms. The van der Waals surface area contributed by atoms with Crippen molar-refractivity contribution in [1.29, 1.82) is 0 Å². The molecular formula is C31H30ClF3N2O5. The second kappa shape index (κ2) is 12.4. The molecule has 1 fully saturated rings. The van der Waals surface area contributed by atoms with Gasteiger partial charge in [-0.2, -0.15) is 13.2 Å². The summed E-state index contributed by atoms with van der Waals surface area (Å²) >= 11 is 6.22. The van der Waals surface area contributed by atoms with E-state index in [0.29, 0.717) is 45.0 Å². The van der Waals surface area contributed by atoms with E-state index in [1.807, 2.05) is 0 Å². The van der Waals surface area contributed by atoms with Crippen LogP contribution in [-0.2, 0) is 33.7 Å². The number of primary amides is 1. The quantitative estimate of drug-likeness (QED) is 0.380. The second-order valence-corrected chi connectivity index (χ2v) is 11.2. The van der Waals surface area contributed by atoms with Crippen LogP contribution < -0.4 is 11.3 Å². The normalized spacial score (nSPS) is 19.6. The largest absolute Gasteiger partial charge is 0.414 e. The Morgan fingerprint density at radius 2 is 1.76 bits per heavy atom. The molecule has 42 heavy (non-hydrogen) atoms. The van der Waals surface area contributed by atoms with Gasteiger partial charge in [0.25, 0.3) is 5.56 Å². The van der Waals surface area contributed by atoms with Gasteiger partial charge in [-0.25, -0.2) is 0 Å². The van der Waals surface area contributed by atoms with Crippen molar-refractivity contribution in [1.82, 2.24) is 4.57 Å². The molecule has 1 aromatic heterocycles. The third-order valence-corrected chi connectivity index (χ3v) is 8.06. The van der Waals surface area contributed by atoms with Crippen molar-refractivity contribution in [3.8, 4) is 11.1 Å². The first kappa shape index (κ1) is 30.0. The number of ketones is 1. The number of ether oxygens (including phenoxy) is 2. The van der Waals surface area contributed by atoms with Crippen LogP contribution in [0.5, 0.6) is 0 Å². The minimum atomic E-state index is -4.61. The fraction of sp³-hybridized carbons (Fsp3) is 0.387. The molecule has 2 aliphatic heterocycles. The number of benzene rings is 2. The Labute approximate surface area is 245 Å². The molecule has 222 valence electrons. The molecule has 2 N–H and O–H groups in total. The van der Waals surface area contributed by atoms with Gasteiger partial charge < -0.3 is 19.8 Å². The third kappa shape index (κ3) is 6.77. The number of hydrogen-bond acceptors (Lipinski definition) is 5. The zero-order valence-electron chi connectivity index (χ0n) is 22.7. The zero-order valence-corrected chi connectivity index (χ0v) is 23.4. The number of nitrogens with two attached hydrogens (primary N) is 1. The lowest BCUT2D eigenvalue weighted by atomic mass is 9.91. The van der Waals surface area contributed by atoms with Gasteiger partial charge in [0.15, 0.2) is 11.9 Å². The Balaban J connectivity index is 1.55. The summed E-state index contributed by atoms with van der Waals surface area (Å²) < 4.78 is 54.0. The van der Waals surface area contributed by atoms with E-state index in [0.717, 1.165) is 19.3 Å². The van der Waals surface area contributed by atoms with E-state index in [-0.39, 0.29) is 24.7 Å². The molecule has 0 aliphatic carbocycles. The second-order valence-electron chi connectivity index (χ2n) is 10.7. The van der Waals surface area contributed by atoms with Crippen molar-refractivity contribution in [2.75, 3.05) is 6.61 Å². The maximum atomic E-state index is 13.8. The highest BCUT2D eigenvalue weighted by molar-refractivity contribution is 6.30. The molecule has 0 bridgehead atoms. The fourth-order valence-electron chi connectivity index (χ4n) is 5.59. The van der Waals surface area contributed by atoms with E-state index in [9.17, 15) is 27.6 Å². The molecule has 1 saturated heterocycles. The van der Waals surface area contributed by atoms with Crippen LogP contribution >= 0.6 is 11.6 Å². The molecule has 0 unspecified atom stereocenters. The number of alkyl halides is 3. The molecular weight excluding hydrogens is 573 g/mol. The number of Topliss-reactive ketones (excluding diaryl/α,β-unsaturated/α-hetero) is 1. The summed E-state index contributed by atoms with van der Waals surface area (Å²) in [5.74, 6) is -0.869. The minimum absolute atomic E-state index is 0.0367. The molecule has 1 amide bonds. The first-order chi connectivity index (χ1) is 20.0. The predicted octanol–water partition coefficient (Wildman–Crippen LogP) is 5.58. The summed E-state index contributed by atoms with van der Waals surface area (Å²) in [6.45, 7) is 0.130. The number of carbonyl (C=O) groups is 2. The lowest BCUT2D eigenvalue weighted by Crippen LogP contribution is -2.36. The van der Waals surface area contributed by atoms with E-state index in [1.165, 1.54) is 41.1 Å². The SMILES string of the molecule is NC(=O)c1ccc(CC(=O)[C@H](C[C@@H]2CCCCO2)n2cc3c(cc2=O)-c2cc(Cl)ccc2C[C@@H](C(F)(F)F)OC3)cc1. The van der Waals surface area contributed by atoms with Crippen LogP contribution in [0.2, 0.25) is 5.02 Å².